The predicted molar refractivity (Wildman–Crippen MR) is 237 cm³/mol. The first kappa shape index (κ1) is 43.7. The lowest BCUT2D eigenvalue weighted by Crippen LogP contribution is -2.46. The van der Waals surface area contributed by atoms with Gasteiger partial charge in [-0.25, -0.2) is 25.4 Å². The molecule has 2 N–H and O–H groups in total. The summed E-state index contributed by atoms with van der Waals surface area (Å²) in [6.07, 6.45) is 7.02. The van der Waals surface area contributed by atoms with Gasteiger partial charge in [0.1, 0.15) is 21.2 Å². The monoisotopic (exact) mass is 854 g/mol. The van der Waals surface area contributed by atoms with E-state index in [9.17, 15) is 26.4 Å². The molecule has 4 aromatic rings. The first-order valence-corrected chi connectivity index (χ1v) is 24.2. The van der Waals surface area contributed by atoms with Crippen molar-refractivity contribution in [1.29, 1.82) is 0 Å². The number of sulfonamides is 2. The summed E-state index contributed by atoms with van der Waals surface area (Å²) in [5.74, 6) is -0.0228. The van der Waals surface area contributed by atoms with Crippen LogP contribution in [-0.4, -0.2) is 67.7 Å². The maximum Gasteiger partial charge on any atom is 0.285 e. The minimum absolute atomic E-state index is 0.0636. The third kappa shape index (κ3) is 10.3. The van der Waals surface area contributed by atoms with Crippen LogP contribution in [0.2, 0.25) is 0 Å². The lowest BCUT2D eigenvalue weighted by atomic mass is 10.1. The molecule has 13 heteroatoms. The normalized spacial score (nSPS) is 17.7. The zero-order valence-electron chi connectivity index (χ0n) is 34.0. The van der Waals surface area contributed by atoms with Crippen LogP contribution in [0.25, 0.3) is 9.81 Å². The van der Waals surface area contributed by atoms with Crippen LogP contribution < -0.4 is 10.6 Å². The smallest absolute Gasteiger partial charge is 0.285 e. The number of nitrogens with zero attached hydrogens (tertiary/aromatic N) is 2. The van der Waals surface area contributed by atoms with Crippen molar-refractivity contribution in [2.45, 2.75) is 88.6 Å². The van der Waals surface area contributed by atoms with E-state index in [0.29, 0.717) is 24.2 Å². The standard InChI is InChI=1S/C24H28N2O3S.C22H26N2O3S2/c27-24-22(25-18-10-9-13-19-11-3-1-4-12-19)23(20-14-5-2-6-15-20)30(28,29)26(24)21-16-7-8-17-21;1-22(2,3)24-21(25)19(20(29(24,26)27)17-11-6-4-7-12-17)23-15-10-16-28-18-13-8-5-9-14-18/h1-6,11-12,14-15,21,25H,7-10,13,16-18H2;4-9,11-14,23H,10,15-16H2,1-3H3. The van der Waals surface area contributed by atoms with E-state index < -0.39 is 37.4 Å². The highest BCUT2D eigenvalue weighted by Crippen LogP contribution is 2.40. The highest BCUT2D eigenvalue weighted by Gasteiger charge is 2.50. The number of thioether (sulfide) groups is 1. The molecular weight excluding hydrogens is 801 g/mol. The largest absolute Gasteiger partial charge is 0.379 e. The van der Waals surface area contributed by atoms with Crippen LogP contribution in [0, 0.1) is 0 Å². The Kier molecular flexibility index (Phi) is 14.4. The molecule has 4 aromatic carbocycles. The molecule has 1 aliphatic carbocycles. The van der Waals surface area contributed by atoms with E-state index in [1.165, 1.54) is 10.5 Å². The van der Waals surface area contributed by atoms with E-state index in [4.69, 9.17) is 0 Å². The summed E-state index contributed by atoms with van der Waals surface area (Å²) < 4.78 is 55.4. The van der Waals surface area contributed by atoms with Gasteiger partial charge in [-0.3, -0.25) is 9.59 Å². The van der Waals surface area contributed by atoms with Crippen LogP contribution in [0.3, 0.4) is 0 Å². The molecule has 3 aliphatic rings. The number of carbonyl (C=O) groups is 2. The molecule has 7 rings (SSSR count). The van der Waals surface area contributed by atoms with Gasteiger partial charge in [-0.05, 0) is 93.9 Å². The predicted octanol–water partition coefficient (Wildman–Crippen LogP) is 8.18. The fourth-order valence-corrected chi connectivity index (χ4v) is 12.5. The Morgan fingerprint density at radius 3 is 1.63 bits per heavy atom. The molecule has 59 heavy (non-hydrogen) atoms. The molecule has 10 nitrogen and oxygen atoms in total. The first-order valence-electron chi connectivity index (χ1n) is 20.3. The lowest BCUT2D eigenvalue weighted by Gasteiger charge is -2.30. The maximum absolute atomic E-state index is 13.4. The number of hydrogen-bond donors (Lipinski definition) is 2. The van der Waals surface area contributed by atoms with E-state index in [1.54, 1.807) is 81.1 Å². The summed E-state index contributed by atoms with van der Waals surface area (Å²) in [4.78, 5) is 27.6. The van der Waals surface area contributed by atoms with Crippen molar-refractivity contribution in [3.8, 4) is 0 Å². The SMILES string of the molecule is CC(C)(C)N1C(=O)C(NCCCSc2ccccc2)=C(c2ccccc2)S1(=O)=O.O=C1C(NCCCCc2ccccc2)=C(c2ccccc2)S(=O)(=O)N1C1CCCC1. The molecule has 1 fully saturated rings. The minimum Gasteiger partial charge on any atom is -0.379 e. The molecule has 1 saturated carbocycles. The van der Waals surface area contributed by atoms with Crippen LogP contribution in [0.15, 0.2) is 138 Å². The van der Waals surface area contributed by atoms with Crippen molar-refractivity contribution in [3.63, 3.8) is 0 Å². The van der Waals surface area contributed by atoms with Gasteiger partial charge in [-0.1, -0.05) is 122 Å². The van der Waals surface area contributed by atoms with Gasteiger partial charge in [-0.2, -0.15) is 0 Å². The number of nitrogens with one attached hydrogen (secondary N) is 2. The molecule has 0 radical (unpaired) electrons. The Morgan fingerprint density at radius 1 is 0.610 bits per heavy atom. The lowest BCUT2D eigenvalue weighted by molar-refractivity contribution is -0.125. The molecule has 2 amide bonds. The number of unbranched alkanes of at least 4 members (excludes halogenated alkanes) is 1. The van der Waals surface area contributed by atoms with Crippen molar-refractivity contribution in [2.75, 3.05) is 18.8 Å². The molecule has 2 heterocycles. The Morgan fingerprint density at radius 2 is 1.08 bits per heavy atom. The van der Waals surface area contributed by atoms with Gasteiger partial charge >= 0.3 is 0 Å². The van der Waals surface area contributed by atoms with Gasteiger partial charge in [0.15, 0.2) is 0 Å². The number of amides is 2. The second-order valence-electron chi connectivity index (χ2n) is 15.7. The Labute approximate surface area is 354 Å². The molecule has 0 bridgehead atoms. The van der Waals surface area contributed by atoms with E-state index >= 15 is 0 Å². The topological polar surface area (TPSA) is 133 Å². The number of carbonyl (C=O) groups excluding carboxylic acids is 2. The molecule has 312 valence electrons. The van der Waals surface area contributed by atoms with Crippen LogP contribution in [0.5, 0.6) is 0 Å². The molecule has 0 atom stereocenters. The van der Waals surface area contributed by atoms with Crippen LogP contribution >= 0.6 is 11.8 Å². The quantitative estimate of drug-likeness (QED) is 0.0898. The number of rotatable bonds is 15. The fraction of sp³-hybridized carbons (Fsp3) is 0.348. The summed E-state index contributed by atoms with van der Waals surface area (Å²) in [6.45, 7) is 6.27. The van der Waals surface area contributed by atoms with Crippen molar-refractivity contribution >= 4 is 53.4 Å². The van der Waals surface area contributed by atoms with Gasteiger partial charge < -0.3 is 10.6 Å². The summed E-state index contributed by atoms with van der Waals surface area (Å²) in [6, 6.07) is 37.9. The average Bonchev–Trinajstić information content (AvgIpc) is 3.86. The van der Waals surface area contributed by atoms with E-state index in [2.05, 4.69) is 34.9 Å². The van der Waals surface area contributed by atoms with E-state index in [1.807, 2.05) is 48.5 Å². The zero-order chi connectivity index (χ0) is 42.0. The van der Waals surface area contributed by atoms with Crippen molar-refractivity contribution in [1.82, 2.24) is 19.2 Å². The Balaban J connectivity index is 0.000000199. The number of hydrogen-bond acceptors (Lipinski definition) is 9. The Hall–Kier alpha value is -4.85. The molecule has 0 aromatic heterocycles. The molecule has 2 aliphatic heterocycles. The second-order valence-corrected chi connectivity index (χ2v) is 20.4. The Bertz CT molecular complexity index is 2340. The number of aryl methyl sites for hydroxylation is 1. The van der Waals surface area contributed by atoms with Gasteiger partial charge in [0.2, 0.25) is 0 Å². The third-order valence-corrected chi connectivity index (χ3v) is 15.5. The van der Waals surface area contributed by atoms with Crippen molar-refractivity contribution in [3.05, 3.63) is 149 Å². The molecule has 0 unspecified atom stereocenters. The van der Waals surface area contributed by atoms with Gasteiger partial charge in [0.05, 0.1) is 5.54 Å². The van der Waals surface area contributed by atoms with E-state index in [0.717, 1.165) is 65.7 Å². The summed E-state index contributed by atoms with van der Waals surface area (Å²) in [5, 5.41) is 6.30. The zero-order valence-corrected chi connectivity index (χ0v) is 36.4. The van der Waals surface area contributed by atoms with Crippen LogP contribution in [0.4, 0.5) is 0 Å². The second kappa shape index (κ2) is 19.5. The van der Waals surface area contributed by atoms with Crippen molar-refractivity contribution < 1.29 is 26.4 Å². The minimum atomic E-state index is -3.93. The fourth-order valence-electron chi connectivity index (χ4n) is 7.62. The van der Waals surface area contributed by atoms with Crippen LogP contribution in [-0.2, 0) is 36.1 Å². The van der Waals surface area contributed by atoms with Crippen LogP contribution in [0.1, 0.15) is 82.4 Å². The number of benzene rings is 4. The molecule has 0 spiro atoms. The molecular formula is C46H54N4O6S3. The average molecular weight is 855 g/mol. The van der Waals surface area contributed by atoms with E-state index in [-0.39, 0.29) is 27.2 Å². The highest BCUT2D eigenvalue weighted by molar-refractivity contribution is 8.00. The van der Waals surface area contributed by atoms with Gasteiger partial charge in [-0.15, -0.1) is 11.8 Å². The summed E-state index contributed by atoms with van der Waals surface area (Å²) >= 11 is 1.74. The third-order valence-electron chi connectivity index (χ3n) is 10.3. The summed E-state index contributed by atoms with van der Waals surface area (Å²) in [7, 11) is -7.77. The maximum atomic E-state index is 13.4. The molecule has 0 saturated heterocycles. The highest BCUT2D eigenvalue weighted by atomic mass is 32.2. The summed E-state index contributed by atoms with van der Waals surface area (Å²) in [5.41, 5.74) is 1.92. The van der Waals surface area contributed by atoms with Gasteiger partial charge in [0, 0.05) is 24.0 Å². The first-order chi connectivity index (χ1) is 28.3. The van der Waals surface area contributed by atoms with Gasteiger partial charge in [0.25, 0.3) is 31.9 Å². The van der Waals surface area contributed by atoms with Crippen molar-refractivity contribution in [2.24, 2.45) is 0 Å².